The summed E-state index contributed by atoms with van der Waals surface area (Å²) in [5.74, 6) is -1.30. The van der Waals surface area contributed by atoms with Crippen molar-refractivity contribution in [3.05, 3.63) is 41.1 Å². The zero-order valence-corrected chi connectivity index (χ0v) is 11.8. The highest BCUT2D eigenvalue weighted by molar-refractivity contribution is 5.99. The molecular weight excluding hydrogens is 296 g/mol. The first-order valence-corrected chi connectivity index (χ1v) is 6.42. The van der Waals surface area contributed by atoms with Crippen LogP contribution in [0, 0.1) is 0 Å². The van der Waals surface area contributed by atoms with Gasteiger partial charge in [-0.25, -0.2) is 13.4 Å². The molecule has 0 saturated heterocycles. The van der Waals surface area contributed by atoms with Gasteiger partial charge in [-0.15, -0.1) is 0 Å². The van der Waals surface area contributed by atoms with E-state index in [2.05, 4.69) is 26.5 Å². The van der Waals surface area contributed by atoms with Crippen molar-refractivity contribution in [1.82, 2.24) is 15.8 Å². The van der Waals surface area contributed by atoms with Gasteiger partial charge >= 0.3 is 0 Å². The van der Waals surface area contributed by atoms with Crippen LogP contribution in [0.25, 0.3) is 0 Å². The van der Waals surface area contributed by atoms with E-state index in [9.17, 15) is 14.0 Å². The van der Waals surface area contributed by atoms with Crippen molar-refractivity contribution in [3.8, 4) is 0 Å². The Morgan fingerprint density at radius 1 is 1.55 bits per heavy atom. The van der Waals surface area contributed by atoms with Crippen LogP contribution < -0.4 is 11.2 Å². The molecule has 0 radical (unpaired) electrons. The standard InChI is InChI=1S/C13H15F2N5O2/c1-6(14)5-9-8(7(2)15)3-4-10(9)17-13(18-21)11-12(16)20-22-19-11/h5,10,21H,2-4H2,1H3,(H2,16,20)(H,17,18)/b6-5+. The molecule has 4 N–H and O–H groups in total. The lowest BCUT2D eigenvalue weighted by Gasteiger charge is -2.10. The first-order valence-electron chi connectivity index (χ1n) is 6.42. The van der Waals surface area contributed by atoms with Gasteiger partial charge in [0.2, 0.25) is 0 Å². The van der Waals surface area contributed by atoms with Crippen LogP contribution in [0.4, 0.5) is 14.6 Å². The summed E-state index contributed by atoms with van der Waals surface area (Å²) in [4.78, 5) is 4.20. The molecule has 9 heteroatoms. The number of allylic oxidation sites excluding steroid dienone is 3. The van der Waals surface area contributed by atoms with Crippen molar-refractivity contribution in [3.63, 3.8) is 0 Å². The molecule has 1 unspecified atom stereocenters. The normalized spacial score (nSPS) is 19.7. The Bertz CT molecular complexity index is 674. The molecule has 0 bridgehead atoms. The van der Waals surface area contributed by atoms with Gasteiger partial charge in [-0.1, -0.05) is 6.58 Å². The molecule has 118 valence electrons. The molecule has 0 fully saturated rings. The molecule has 0 spiro atoms. The maximum atomic E-state index is 13.5. The lowest BCUT2D eigenvalue weighted by Crippen LogP contribution is -2.24. The Kier molecular flexibility index (Phi) is 4.66. The van der Waals surface area contributed by atoms with E-state index in [1.165, 1.54) is 13.0 Å². The summed E-state index contributed by atoms with van der Waals surface area (Å²) < 4.78 is 31.1. The maximum Gasteiger partial charge on any atom is 0.199 e. The van der Waals surface area contributed by atoms with Gasteiger partial charge in [0.25, 0.3) is 0 Å². The van der Waals surface area contributed by atoms with Crippen LogP contribution in [0.2, 0.25) is 0 Å². The number of aromatic nitrogens is 2. The minimum atomic E-state index is -0.633. The van der Waals surface area contributed by atoms with Crippen molar-refractivity contribution in [2.24, 2.45) is 4.99 Å². The smallest absolute Gasteiger partial charge is 0.199 e. The van der Waals surface area contributed by atoms with Gasteiger partial charge in [0.05, 0.1) is 11.9 Å². The van der Waals surface area contributed by atoms with E-state index in [1.54, 1.807) is 0 Å². The average Bonchev–Trinajstić information content (AvgIpc) is 3.02. The van der Waals surface area contributed by atoms with Gasteiger partial charge in [-0.3, -0.25) is 15.7 Å². The van der Waals surface area contributed by atoms with Crippen LogP contribution in [0.15, 0.2) is 45.1 Å². The SMILES string of the molecule is C=C(F)C1=C(/C=C(\C)F)C(N=C(NO)c2nonc2N)CC1. The number of halogens is 2. The minimum Gasteiger partial charge on any atom is -0.379 e. The quantitative estimate of drug-likeness (QED) is 0.447. The zero-order chi connectivity index (χ0) is 16.3. The van der Waals surface area contributed by atoms with Crippen LogP contribution in [-0.4, -0.2) is 27.4 Å². The second-order valence-corrected chi connectivity index (χ2v) is 4.71. The fourth-order valence-electron chi connectivity index (χ4n) is 2.26. The maximum absolute atomic E-state index is 13.5. The van der Waals surface area contributed by atoms with E-state index >= 15 is 0 Å². The van der Waals surface area contributed by atoms with Crippen LogP contribution in [-0.2, 0) is 0 Å². The predicted molar refractivity (Wildman–Crippen MR) is 75.3 cm³/mol. The van der Waals surface area contributed by atoms with Gasteiger partial charge in [0.1, 0.15) is 5.83 Å². The molecule has 7 nitrogen and oxygen atoms in total. The summed E-state index contributed by atoms with van der Waals surface area (Å²) in [5.41, 5.74) is 8.04. The zero-order valence-electron chi connectivity index (χ0n) is 11.8. The molecule has 0 aromatic carbocycles. The Hall–Kier alpha value is -2.55. The number of nitrogen functional groups attached to an aromatic ring is 1. The number of amidine groups is 1. The third kappa shape index (κ3) is 3.19. The Balaban J connectivity index is 2.43. The number of hydrogen-bond acceptors (Lipinski definition) is 6. The molecular formula is C13H15F2N5O2. The number of rotatable bonds is 4. The second-order valence-electron chi connectivity index (χ2n) is 4.71. The predicted octanol–water partition coefficient (Wildman–Crippen LogP) is 2.19. The number of hydrogen-bond donors (Lipinski definition) is 3. The van der Waals surface area contributed by atoms with Gasteiger partial charge < -0.3 is 5.73 Å². The highest BCUT2D eigenvalue weighted by Crippen LogP contribution is 2.35. The fraction of sp³-hybridized carbons (Fsp3) is 0.308. The monoisotopic (exact) mass is 311 g/mol. The number of anilines is 1. The Labute approximate surface area is 124 Å². The van der Waals surface area contributed by atoms with Crippen molar-refractivity contribution in [2.75, 3.05) is 5.73 Å². The van der Waals surface area contributed by atoms with Crippen molar-refractivity contribution in [2.45, 2.75) is 25.8 Å². The van der Waals surface area contributed by atoms with E-state index in [1.807, 2.05) is 5.48 Å². The summed E-state index contributed by atoms with van der Waals surface area (Å²) in [6.07, 6.45) is 1.97. The summed E-state index contributed by atoms with van der Waals surface area (Å²) in [5, 5.41) is 16.1. The van der Waals surface area contributed by atoms with Crippen LogP contribution >= 0.6 is 0 Å². The number of nitrogens with zero attached hydrogens (tertiary/aromatic N) is 3. The van der Waals surface area contributed by atoms with E-state index in [4.69, 9.17) is 5.73 Å². The first-order chi connectivity index (χ1) is 10.4. The highest BCUT2D eigenvalue weighted by atomic mass is 19.1. The summed E-state index contributed by atoms with van der Waals surface area (Å²) in [6, 6.07) is -0.584. The molecule has 1 atom stereocenters. The van der Waals surface area contributed by atoms with Gasteiger partial charge in [-0.05, 0) is 47.3 Å². The van der Waals surface area contributed by atoms with E-state index in [0.717, 1.165) is 0 Å². The van der Waals surface area contributed by atoms with Crippen LogP contribution in [0.1, 0.15) is 25.5 Å². The number of nitrogens with two attached hydrogens (primary N) is 1. The van der Waals surface area contributed by atoms with Crippen molar-refractivity contribution >= 4 is 11.7 Å². The van der Waals surface area contributed by atoms with Gasteiger partial charge in [-0.2, -0.15) is 0 Å². The van der Waals surface area contributed by atoms with Crippen LogP contribution in [0.5, 0.6) is 0 Å². The van der Waals surface area contributed by atoms with Crippen molar-refractivity contribution in [1.29, 1.82) is 0 Å². The van der Waals surface area contributed by atoms with Gasteiger partial charge in [0.15, 0.2) is 17.3 Å². The molecule has 2 rings (SSSR count). The molecule has 0 amide bonds. The number of nitrogens with one attached hydrogen (secondary N) is 1. The highest BCUT2D eigenvalue weighted by Gasteiger charge is 2.27. The average molecular weight is 311 g/mol. The molecule has 22 heavy (non-hydrogen) atoms. The largest absolute Gasteiger partial charge is 0.379 e. The molecule has 1 heterocycles. The van der Waals surface area contributed by atoms with Gasteiger partial charge in [0, 0.05) is 0 Å². The third-order valence-electron chi connectivity index (χ3n) is 3.19. The summed E-state index contributed by atoms with van der Waals surface area (Å²) >= 11 is 0. The first kappa shape index (κ1) is 15.8. The Morgan fingerprint density at radius 2 is 2.27 bits per heavy atom. The van der Waals surface area contributed by atoms with Crippen molar-refractivity contribution < 1.29 is 18.6 Å². The lowest BCUT2D eigenvalue weighted by molar-refractivity contribution is 0.233. The van der Waals surface area contributed by atoms with E-state index < -0.39 is 17.7 Å². The number of aliphatic imine (C=N–C) groups is 1. The summed E-state index contributed by atoms with van der Waals surface area (Å²) in [6.45, 7) is 4.49. The minimum absolute atomic E-state index is 0.00956. The second kappa shape index (κ2) is 6.48. The Morgan fingerprint density at radius 3 is 2.77 bits per heavy atom. The molecule has 1 aromatic rings. The third-order valence-corrected chi connectivity index (χ3v) is 3.19. The van der Waals surface area contributed by atoms with Crippen LogP contribution in [0.3, 0.4) is 0 Å². The molecule has 1 aromatic heterocycles. The summed E-state index contributed by atoms with van der Waals surface area (Å²) in [7, 11) is 0. The molecule has 0 saturated carbocycles. The van der Waals surface area contributed by atoms with E-state index in [0.29, 0.717) is 24.0 Å². The number of hydroxylamine groups is 1. The lowest BCUT2D eigenvalue weighted by atomic mass is 10.1. The topological polar surface area (TPSA) is 110 Å². The fourth-order valence-corrected chi connectivity index (χ4v) is 2.26. The molecule has 0 aliphatic heterocycles. The molecule has 1 aliphatic rings. The molecule has 1 aliphatic carbocycles. The van der Waals surface area contributed by atoms with E-state index in [-0.39, 0.29) is 17.3 Å².